The number of carbonyl (C=O) groups is 1. The monoisotopic (exact) mass is 550 g/mol. The van der Waals surface area contributed by atoms with Crippen molar-refractivity contribution in [2.75, 3.05) is 6.54 Å². The molecule has 37 heavy (non-hydrogen) atoms. The predicted octanol–water partition coefficient (Wildman–Crippen LogP) is 5.65. The number of rotatable bonds is 6. The third-order valence-corrected chi connectivity index (χ3v) is 6.99. The lowest BCUT2D eigenvalue weighted by Gasteiger charge is -2.32. The molecule has 2 aromatic heterocycles. The molecule has 1 N–H and O–H groups in total. The van der Waals surface area contributed by atoms with Crippen molar-refractivity contribution in [2.45, 2.75) is 45.0 Å². The van der Waals surface area contributed by atoms with Crippen LogP contribution in [0.4, 0.5) is 18.0 Å². The molecule has 2 atom stereocenters. The van der Waals surface area contributed by atoms with Crippen LogP contribution in [0.2, 0.25) is 5.02 Å². The number of fused-ring (bicyclic) bond motifs is 1. The minimum atomic E-state index is -2.83. The first-order chi connectivity index (χ1) is 17.7. The Bertz CT molecular complexity index is 1370. The number of nitrogens with zero attached hydrogens (tertiary/aromatic N) is 5. The molecular formula is C24H22ClF3N6O2S. The van der Waals surface area contributed by atoms with Gasteiger partial charge in [0.05, 0.1) is 17.8 Å². The van der Waals surface area contributed by atoms with Gasteiger partial charge in [0.25, 0.3) is 0 Å². The summed E-state index contributed by atoms with van der Waals surface area (Å²) in [4.78, 5) is 23.6. The SMILES string of the molecule is CC(C)OC(=O)N[C@H]1CC2=C(c3ccn(C(F)F)n3)[C@H](c3ccc(F)cc3Cl)N=C(c3nccs3)N2C1. The topological polar surface area (TPSA) is 84.6 Å². The highest BCUT2D eigenvalue weighted by atomic mass is 35.5. The molecule has 2 aliphatic heterocycles. The molecule has 1 saturated heterocycles. The Morgan fingerprint density at radius 3 is 2.76 bits per heavy atom. The van der Waals surface area contributed by atoms with Gasteiger partial charge in [-0.1, -0.05) is 17.7 Å². The van der Waals surface area contributed by atoms with Gasteiger partial charge < -0.3 is 15.0 Å². The molecule has 0 radical (unpaired) electrons. The second-order valence-corrected chi connectivity index (χ2v) is 10.1. The molecule has 0 bridgehead atoms. The van der Waals surface area contributed by atoms with E-state index in [0.29, 0.717) is 39.6 Å². The van der Waals surface area contributed by atoms with Gasteiger partial charge in [-0.2, -0.15) is 13.9 Å². The van der Waals surface area contributed by atoms with E-state index < -0.39 is 24.5 Å². The van der Waals surface area contributed by atoms with Crippen LogP contribution >= 0.6 is 22.9 Å². The van der Waals surface area contributed by atoms with Crippen molar-refractivity contribution in [3.63, 3.8) is 0 Å². The molecule has 0 unspecified atom stereocenters. The molecule has 13 heteroatoms. The van der Waals surface area contributed by atoms with Gasteiger partial charge in [0, 0.05) is 52.6 Å². The molecular weight excluding hydrogens is 529 g/mol. The van der Waals surface area contributed by atoms with Crippen molar-refractivity contribution < 1.29 is 22.7 Å². The van der Waals surface area contributed by atoms with Gasteiger partial charge in [-0.3, -0.25) is 4.99 Å². The van der Waals surface area contributed by atoms with E-state index in [0.717, 1.165) is 5.70 Å². The van der Waals surface area contributed by atoms with Crippen LogP contribution in [0.1, 0.15) is 49.1 Å². The van der Waals surface area contributed by atoms with Crippen LogP contribution in [0.3, 0.4) is 0 Å². The summed E-state index contributed by atoms with van der Waals surface area (Å²) in [6, 6.07) is 4.32. The van der Waals surface area contributed by atoms with Crippen LogP contribution in [0.5, 0.6) is 0 Å². The highest BCUT2D eigenvalue weighted by Gasteiger charge is 2.41. The quantitative estimate of drug-likeness (QED) is 0.429. The van der Waals surface area contributed by atoms with Crippen molar-refractivity contribution in [3.05, 3.63) is 74.8 Å². The molecule has 0 aliphatic carbocycles. The Morgan fingerprint density at radius 2 is 2.11 bits per heavy atom. The number of amides is 1. The first-order valence-electron chi connectivity index (χ1n) is 11.4. The first-order valence-corrected chi connectivity index (χ1v) is 12.7. The van der Waals surface area contributed by atoms with Crippen LogP contribution in [0.25, 0.3) is 5.57 Å². The number of halogens is 4. The van der Waals surface area contributed by atoms with Crippen LogP contribution in [0, 0.1) is 5.82 Å². The molecule has 4 heterocycles. The Labute approximate surface area is 219 Å². The van der Waals surface area contributed by atoms with Gasteiger partial charge in [-0.25, -0.2) is 18.9 Å². The van der Waals surface area contributed by atoms with E-state index >= 15 is 0 Å². The third kappa shape index (κ3) is 5.08. The molecule has 0 saturated carbocycles. The summed E-state index contributed by atoms with van der Waals surface area (Å²) in [6.45, 7) is 1.03. The molecule has 1 aromatic carbocycles. The maximum absolute atomic E-state index is 13.9. The number of aliphatic imine (C=N–C) groups is 1. The van der Waals surface area contributed by atoms with Gasteiger partial charge in [-0.05, 0) is 32.0 Å². The van der Waals surface area contributed by atoms with E-state index in [1.165, 1.54) is 41.8 Å². The number of nitrogens with one attached hydrogen (secondary N) is 1. The van der Waals surface area contributed by atoms with E-state index in [9.17, 15) is 18.0 Å². The summed E-state index contributed by atoms with van der Waals surface area (Å²) in [5.41, 5.74) is 2.02. The minimum Gasteiger partial charge on any atom is -0.447 e. The van der Waals surface area contributed by atoms with Gasteiger partial charge >= 0.3 is 12.6 Å². The highest BCUT2D eigenvalue weighted by molar-refractivity contribution is 7.11. The Hall–Kier alpha value is -3.38. The van der Waals surface area contributed by atoms with Gasteiger partial charge in [-0.15, -0.1) is 11.3 Å². The average Bonchev–Trinajstić information content (AvgIpc) is 3.58. The number of aromatic nitrogens is 3. The van der Waals surface area contributed by atoms with Gasteiger partial charge in [0.1, 0.15) is 11.9 Å². The molecule has 0 spiro atoms. The molecule has 5 rings (SSSR count). The number of benzene rings is 1. The maximum atomic E-state index is 13.9. The number of carbonyl (C=O) groups excluding carboxylic acids is 1. The Kier molecular flexibility index (Phi) is 6.95. The zero-order valence-electron chi connectivity index (χ0n) is 19.7. The standard InChI is InChI=1S/C24H22ClF3N6O2S/c1-12(2)36-24(35)30-14-10-18-19(17-5-7-34(32-17)23(27)28)20(15-4-3-13(26)9-16(15)25)31-21(33(18)11-14)22-29-6-8-37-22/h3-9,12,14,20,23H,10-11H2,1-2H3,(H,30,35)/t14-,20-/m0/s1. The summed E-state index contributed by atoms with van der Waals surface area (Å²) >= 11 is 7.84. The van der Waals surface area contributed by atoms with Crippen molar-refractivity contribution in [1.29, 1.82) is 0 Å². The molecule has 1 amide bonds. The Balaban J connectivity index is 1.65. The van der Waals surface area contributed by atoms with Crippen molar-refractivity contribution in [1.82, 2.24) is 25.0 Å². The number of hydrogen-bond donors (Lipinski definition) is 1. The zero-order chi connectivity index (χ0) is 26.3. The summed E-state index contributed by atoms with van der Waals surface area (Å²) in [5, 5.41) is 9.55. The second-order valence-electron chi connectivity index (χ2n) is 8.79. The fourth-order valence-corrected chi connectivity index (χ4v) is 5.38. The summed E-state index contributed by atoms with van der Waals surface area (Å²) in [5.74, 6) is 0.0225. The number of amidine groups is 1. The molecule has 8 nitrogen and oxygen atoms in total. The largest absolute Gasteiger partial charge is 0.447 e. The summed E-state index contributed by atoms with van der Waals surface area (Å²) in [7, 11) is 0. The van der Waals surface area contributed by atoms with Crippen LogP contribution in [-0.2, 0) is 4.74 Å². The maximum Gasteiger partial charge on any atom is 0.407 e. The van der Waals surface area contributed by atoms with E-state index in [4.69, 9.17) is 21.3 Å². The second kappa shape index (κ2) is 10.2. The summed E-state index contributed by atoms with van der Waals surface area (Å²) in [6.07, 6.45) is 2.33. The lowest BCUT2D eigenvalue weighted by atomic mass is 9.92. The van der Waals surface area contributed by atoms with Crippen LogP contribution in [-0.4, -0.2) is 50.3 Å². The number of alkyl halides is 2. The zero-order valence-corrected chi connectivity index (χ0v) is 21.3. The van der Waals surface area contributed by atoms with Crippen molar-refractivity contribution in [2.24, 2.45) is 4.99 Å². The van der Waals surface area contributed by atoms with E-state index in [1.807, 2.05) is 10.3 Å². The molecule has 1 fully saturated rings. The molecule has 194 valence electrons. The fourth-order valence-electron chi connectivity index (χ4n) is 4.47. The normalized spacial score (nSPS) is 19.5. The number of alkyl carbamates (subject to hydrolysis) is 1. The van der Waals surface area contributed by atoms with Crippen LogP contribution in [0.15, 0.2) is 52.7 Å². The fraction of sp³-hybridized carbons (Fsp3) is 0.333. The number of hydrogen-bond acceptors (Lipinski definition) is 7. The minimum absolute atomic E-state index is 0.139. The van der Waals surface area contributed by atoms with E-state index in [1.54, 1.807) is 20.0 Å². The third-order valence-electron chi connectivity index (χ3n) is 5.89. The van der Waals surface area contributed by atoms with Crippen LogP contribution < -0.4 is 5.32 Å². The number of thiazole rings is 1. The van der Waals surface area contributed by atoms with Gasteiger partial charge in [0.15, 0.2) is 10.8 Å². The van der Waals surface area contributed by atoms with E-state index in [-0.39, 0.29) is 22.9 Å². The highest BCUT2D eigenvalue weighted by Crippen LogP contribution is 2.46. The lowest BCUT2D eigenvalue weighted by Crippen LogP contribution is -2.40. The molecule has 2 aliphatic rings. The smallest absolute Gasteiger partial charge is 0.407 e. The lowest BCUT2D eigenvalue weighted by molar-refractivity contribution is 0.0564. The van der Waals surface area contributed by atoms with Gasteiger partial charge in [0.2, 0.25) is 0 Å². The summed E-state index contributed by atoms with van der Waals surface area (Å²) < 4.78 is 46.5. The molecule has 3 aromatic rings. The Morgan fingerprint density at radius 1 is 1.30 bits per heavy atom. The predicted molar refractivity (Wildman–Crippen MR) is 133 cm³/mol. The number of ether oxygens (including phenoxy) is 1. The van der Waals surface area contributed by atoms with Crippen molar-refractivity contribution in [3.8, 4) is 0 Å². The van der Waals surface area contributed by atoms with Crippen molar-refractivity contribution >= 4 is 40.4 Å². The van der Waals surface area contributed by atoms with E-state index in [2.05, 4.69) is 15.4 Å². The first kappa shape index (κ1) is 25.3. The average molecular weight is 551 g/mol.